The molecule has 0 aromatic carbocycles. The minimum absolute atomic E-state index is 0.000876. The van der Waals surface area contributed by atoms with Crippen LogP contribution in [0.25, 0.3) is 0 Å². The Morgan fingerprint density at radius 2 is 2.07 bits per heavy atom. The van der Waals surface area contributed by atoms with Gasteiger partial charge in [0, 0.05) is 44.1 Å². The number of hydrogen-bond acceptors (Lipinski definition) is 5. The first-order valence-corrected chi connectivity index (χ1v) is 10.1. The number of halogens is 1. The van der Waals surface area contributed by atoms with Crippen LogP contribution >= 0.6 is 0 Å². The molecule has 1 aromatic rings. The predicted octanol–water partition coefficient (Wildman–Crippen LogP) is 1.17. The maximum atomic E-state index is 12.7. The van der Waals surface area contributed by atoms with Gasteiger partial charge in [0.1, 0.15) is 6.04 Å². The van der Waals surface area contributed by atoms with Crippen molar-refractivity contribution in [1.82, 2.24) is 20.0 Å². The Bertz CT molecular complexity index is 774. The van der Waals surface area contributed by atoms with Gasteiger partial charge in [-0.3, -0.25) is 18.8 Å². The summed E-state index contributed by atoms with van der Waals surface area (Å²) in [5, 5.41) is 15.8. The molecule has 0 spiro atoms. The number of carboxylic acid groups (broad SMARTS) is 1. The first-order chi connectivity index (χ1) is 13.7. The molecule has 0 aliphatic carbocycles. The number of rotatable bonds is 11. The number of nitrogens with one attached hydrogen (secondary N) is 1. The molecule has 9 heteroatoms. The molecule has 1 atom stereocenters. The fraction of sp³-hybridized carbons (Fsp3) is 0.700. The van der Waals surface area contributed by atoms with Crippen LogP contribution in [0.5, 0.6) is 0 Å². The Balaban J connectivity index is 2.15. The molecule has 1 fully saturated rings. The normalized spacial score (nSPS) is 15.9. The number of aromatic nitrogens is 2. The summed E-state index contributed by atoms with van der Waals surface area (Å²) in [4.78, 5) is 38.2. The van der Waals surface area contributed by atoms with Crippen LogP contribution in [0.3, 0.4) is 0 Å². The average molecular weight is 410 g/mol. The second kappa shape index (κ2) is 10.5. The molecule has 1 aromatic heterocycles. The van der Waals surface area contributed by atoms with Gasteiger partial charge >= 0.3 is 5.97 Å². The van der Waals surface area contributed by atoms with E-state index in [0.717, 1.165) is 19.6 Å². The van der Waals surface area contributed by atoms with Gasteiger partial charge in [-0.2, -0.15) is 5.10 Å². The number of likely N-dealkylation sites (tertiary alicyclic amines) is 1. The Labute approximate surface area is 170 Å². The van der Waals surface area contributed by atoms with Crippen molar-refractivity contribution in [2.24, 2.45) is 11.8 Å². The van der Waals surface area contributed by atoms with E-state index in [1.807, 2.05) is 13.8 Å². The van der Waals surface area contributed by atoms with E-state index in [1.54, 1.807) is 13.0 Å². The highest BCUT2D eigenvalue weighted by Gasteiger charge is 2.27. The summed E-state index contributed by atoms with van der Waals surface area (Å²) in [5.74, 6) is -1.15. The summed E-state index contributed by atoms with van der Waals surface area (Å²) in [5.41, 5.74) is 0.888. The Morgan fingerprint density at radius 3 is 2.66 bits per heavy atom. The zero-order valence-corrected chi connectivity index (χ0v) is 17.4. The molecule has 1 aliphatic rings. The van der Waals surface area contributed by atoms with Crippen molar-refractivity contribution in [3.8, 4) is 0 Å². The van der Waals surface area contributed by atoms with Gasteiger partial charge in [-0.25, -0.2) is 4.68 Å². The molecule has 0 radical (unpaired) electrons. The topological polar surface area (TPSA) is 105 Å². The van der Waals surface area contributed by atoms with E-state index in [-0.39, 0.29) is 37.0 Å². The highest BCUT2D eigenvalue weighted by molar-refractivity contribution is 5.80. The minimum atomic E-state index is -1.00. The van der Waals surface area contributed by atoms with Crippen molar-refractivity contribution < 1.29 is 19.1 Å². The lowest BCUT2D eigenvalue weighted by Gasteiger charge is -2.37. The highest BCUT2D eigenvalue weighted by atomic mass is 19.1. The summed E-state index contributed by atoms with van der Waals surface area (Å²) in [6.45, 7) is 7.48. The zero-order chi connectivity index (χ0) is 21.6. The van der Waals surface area contributed by atoms with Gasteiger partial charge in [-0.1, -0.05) is 13.8 Å². The Hall–Kier alpha value is -2.29. The smallest absolute Gasteiger partial charge is 0.305 e. The van der Waals surface area contributed by atoms with Gasteiger partial charge in [-0.05, 0) is 25.3 Å². The van der Waals surface area contributed by atoms with Crippen molar-refractivity contribution in [2.75, 3.05) is 32.9 Å². The fourth-order valence-corrected chi connectivity index (χ4v) is 3.44. The highest BCUT2D eigenvalue weighted by Crippen LogP contribution is 2.18. The number of carbonyl (C=O) groups excluding carboxylic acids is 1. The van der Waals surface area contributed by atoms with Gasteiger partial charge in [0.25, 0.3) is 5.56 Å². The number of hydrogen-bond donors (Lipinski definition) is 2. The quantitative estimate of drug-likeness (QED) is 0.568. The van der Waals surface area contributed by atoms with Crippen molar-refractivity contribution in [2.45, 2.75) is 46.1 Å². The molecule has 1 saturated heterocycles. The van der Waals surface area contributed by atoms with Crippen molar-refractivity contribution in [3.63, 3.8) is 0 Å². The van der Waals surface area contributed by atoms with E-state index in [4.69, 9.17) is 5.11 Å². The van der Waals surface area contributed by atoms with E-state index in [0.29, 0.717) is 24.1 Å². The van der Waals surface area contributed by atoms with Crippen molar-refractivity contribution >= 4 is 11.9 Å². The van der Waals surface area contributed by atoms with Crippen molar-refractivity contribution in [1.29, 1.82) is 0 Å². The standard InChI is InChI=1S/C20H31FN4O4/c1-13(2)8-17(19(28)22-6-4-18(26)27)25-20(29)14(3)9-16(23-25)5-7-24-11-15(10-21)12-24/h9,13,15,17H,4-8,10-12H2,1-3H3,(H,22,28)(H,26,27)/t17-/m0/s1. The van der Waals surface area contributed by atoms with Crippen LogP contribution in [0.4, 0.5) is 4.39 Å². The maximum absolute atomic E-state index is 12.7. The van der Waals surface area contributed by atoms with Crippen LogP contribution in [0, 0.1) is 18.8 Å². The van der Waals surface area contributed by atoms with Gasteiger partial charge < -0.3 is 15.3 Å². The second-order valence-electron chi connectivity index (χ2n) is 8.18. The Morgan fingerprint density at radius 1 is 1.38 bits per heavy atom. The minimum Gasteiger partial charge on any atom is -0.481 e. The van der Waals surface area contributed by atoms with Crippen LogP contribution in [0.15, 0.2) is 10.9 Å². The van der Waals surface area contributed by atoms with Gasteiger partial charge in [0.2, 0.25) is 5.91 Å². The fourth-order valence-electron chi connectivity index (χ4n) is 3.44. The third-order valence-corrected chi connectivity index (χ3v) is 5.03. The van der Waals surface area contributed by atoms with Gasteiger partial charge in [0.15, 0.2) is 0 Å². The van der Waals surface area contributed by atoms with Crippen LogP contribution in [0.2, 0.25) is 0 Å². The number of alkyl halides is 1. The lowest BCUT2D eigenvalue weighted by atomic mass is 10.0. The number of carboxylic acids is 1. The molecule has 1 aliphatic heterocycles. The molecule has 162 valence electrons. The molecular weight excluding hydrogens is 379 g/mol. The molecule has 2 N–H and O–H groups in total. The van der Waals surface area contributed by atoms with Crippen LogP contribution in [-0.2, 0) is 16.0 Å². The molecule has 2 heterocycles. The molecule has 8 nitrogen and oxygen atoms in total. The van der Waals surface area contributed by atoms with E-state index in [1.165, 1.54) is 4.68 Å². The second-order valence-corrected chi connectivity index (χ2v) is 8.18. The molecule has 2 rings (SSSR count). The summed E-state index contributed by atoms with van der Waals surface area (Å²) in [6.07, 6.45) is 0.839. The zero-order valence-electron chi connectivity index (χ0n) is 17.4. The molecule has 0 bridgehead atoms. The summed E-state index contributed by atoms with van der Waals surface area (Å²) in [6, 6.07) is 0.940. The summed E-state index contributed by atoms with van der Waals surface area (Å²) < 4.78 is 13.8. The summed E-state index contributed by atoms with van der Waals surface area (Å²) in [7, 11) is 0. The Kier molecular flexibility index (Phi) is 8.31. The van der Waals surface area contributed by atoms with E-state index in [2.05, 4.69) is 15.3 Å². The molecule has 0 saturated carbocycles. The summed E-state index contributed by atoms with van der Waals surface area (Å²) >= 11 is 0. The molecule has 0 unspecified atom stereocenters. The molecule has 29 heavy (non-hydrogen) atoms. The number of nitrogens with zero attached hydrogens (tertiary/aromatic N) is 3. The van der Waals surface area contributed by atoms with Crippen LogP contribution < -0.4 is 10.9 Å². The molecular formula is C20H31FN4O4. The monoisotopic (exact) mass is 410 g/mol. The van der Waals surface area contributed by atoms with E-state index >= 15 is 0 Å². The van der Waals surface area contributed by atoms with Crippen LogP contribution in [-0.4, -0.2) is 64.5 Å². The first-order valence-electron chi connectivity index (χ1n) is 10.1. The van der Waals surface area contributed by atoms with Crippen LogP contribution in [0.1, 0.15) is 44.0 Å². The lowest BCUT2D eigenvalue weighted by molar-refractivity contribution is -0.137. The number of aliphatic carboxylic acids is 1. The number of amides is 1. The predicted molar refractivity (Wildman–Crippen MR) is 107 cm³/mol. The SMILES string of the molecule is Cc1cc(CCN2CC(CF)C2)nn([C@@H](CC(C)C)C(=O)NCCC(=O)O)c1=O. The average Bonchev–Trinajstić information content (AvgIpc) is 2.61. The van der Waals surface area contributed by atoms with Crippen molar-refractivity contribution in [3.05, 3.63) is 27.7 Å². The van der Waals surface area contributed by atoms with Gasteiger partial charge in [-0.15, -0.1) is 0 Å². The third kappa shape index (κ3) is 6.62. The van der Waals surface area contributed by atoms with E-state index < -0.39 is 17.9 Å². The number of aryl methyl sites for hydroxylation is 1. The number of carbonyl (C=O) groups is 2. The van der Waals surface area contributed by atoms with Gasteiger partial charge in [0.05, 0.1) is 18.8 Å². The first kappa shape index (κ1) is 23.0. The van der Waals surface area contributed by atoms with E-state index in [9.17, 15) is 18.8 Å². The largest absolute Gasteiger partial charge is 0.481 e. The maximum Gasteiger partial charge on any atom is 0.305 e. The molecule has 1 amide bonds. The third-order valence-electron chi connectivity index (χ3n) is 5.03. The lowest BCUT2D eigenvalue weighted by Crippen LogP contribution is -2.48.